The first kappa shape index (κ1) is 12.5. The maximum atomic E-state index is 5.41. The van der Waals surface area contributed by atoms with E-state index >= 15 is 0 Å². The number of halogens is 1. The van der Waals surface area contributed by atoms with Gasteiger partial charge in [0.1, 0.15) is 0 Å². The van der Waals surface area contributed by atoms with Gasteiger partial charge < -0.3 is 9.47 Å². The maximum absolute atomic E-state index is 5.41. The van der Waals surface area contributed by atoms with Gasteiger partial charge in [-0.1, -0.05) is 51.8 Å². The Hall–Kier alpha value is -1.48. The highest BCUT2D eigenvalue weighted by molar-refractivity contribution is 9.09. The number of hydrogen-bond acceptors (Lipinski definition) is 2. The van der Waals surface area contributed by atoms with Gasteiger partial charge in [-0.25, -0.2) is 0 Å². The highest BCUT2D eigenvalue weighted by Crippen LogP contribution is 2.37. The molecule has 0 saturated carbocycles. The minimum Gasteiger partial charge on any atom is -0.454 e. The molecule has 1 heterocycles. The molecule has 0 saturated heterocycles. The van der Waals surface area contributed by atoms with Crippen LogP contribution in [0.3, 0.4) is 0 Å². The molecule has 2 nitrogen and oxygen atoms in total. The van der Waals surface area contributed by atoms with Crippen molar-refractivity contribution in [2.24, 2.45) is 0 Å². The number of hydrogen-bond donors (Lipinski definition) is 0. The van der Waals surface area contributed by atoms with Gasteiger partial charge in [-0.15, -0.1) is 0 Å². The van der Waals surface area contributed by atoms with Crippen molar-refractivity contribution in [3.63, 3.8) is 0 Å². The summed E-state index contributed by atoms with van der Waals surface area (Å²) >= 11 is 3.75. The number of ether oxygens (including phenoxy) is 2. The van der Waals surface area contributed by atoms with Crippen LogP contribution >= 0.6 is 15.9 Å². The molecule has 0 N–H and O–H groups in total. The first-order chi connectivity index (χ1) is 9.22. The van der Waals surface area contributed by atoms with Crippen molar-refractivity contribution >= 4 is 15.9 Å². The monoisotopic (exact) mass is 318 g/mol. The Balaban J connectivity index is 1.76. The zero-order valence-electron chi connectivity index (χ0n) is 10.7. The third-order valence-corrected chi connectivity index (χ3v) is 4.15. The Bertz CT molecular complexity index is 578. The molecule has 1 unspecified atom stereocenters. The van der Waals surface area contributed by atoms with E-state index in [1.807, 2.05) is 6.07 Å². The van der Waals surface area contributed by atoms with Gasteiger partial charge in [-0.05, 0) is 36.6 Å². The van der Waals surface area contributed by atoms with Crippen molar-refractivity contribution in [1.29, 1.82) is 0 Å². The number of fused-ring (bicyclic) bond motifs is 1. The molecular weight excluding hydrogens is 304 g/mol. The van der Waals surface area contributed by atoms with E-state index in [1.54, 1.807) is 0 Å². The molecule has 19 heavy (non-hydrogen) atoms. The quantitative estimate of drug-likeness (QED) is 0.781. The first-order valence-corrected chi connectivity index (χ1v) is 7.23. The van der Waals surface area contributed by atoms with Gasteiger partial charge in [0.2, 0.25) is 6.79 Å². The summed E-state index contributed by atoms with van der Waals surface area (Å²) in [5, 5.41) is 0. The molecular formula is C16H15BrO2. The molecule has 98 valence electrons. The standard InChI is InChI=1S/C16H15BrO2/c1-11-2-4-12(5-3-11)8-14(17)13-6-7-15-16(9-13)19-10-18-15/h2-7,9,14H,8,10H2,1H3. The van der Waals surface area contributed by atoms with Crippen molar-refractivity contribution in [1.82, 2.24) is 0 Å². The number of aryl methyl sites for hydroxylation is 1. The van der Waals surface area contributed by atoms with Crippen molar-refractivity contribution in [3.05, 3.63) is 59.2 Å². The van der Waals surface area contributed by atoms with Crippen LogP contribution in [0, 0.1) is 6.92 Å². The van der Waals surface area contributed by atoms with Crippen LogP contribution in [0.4, 0.5) is 0 Å². The summed E-state index contributed by atoms with van der Waals surface area (Å²) in [6, 6.07) is 14.8. The number of benzene rings is 2. The molecule has 3 heteroatoms. The lowest BCUT2D eigenvalue weighted by atomic mass is 10.0. The zero-order chi connectivity index (χ0) is 13.2. The molecule has 0 radical (unpaired) electrons. The fourth-order valence-electron chi connectivity index (χ4n) is 2.16. The largest absolute Gasteiger partial charge is 0.454 e. The summed E-state index contributed by atoms with van der Waals surface area (Å²) in [5.41, 5.74) is 3.83. The van der Waals surface area contributed by atoms with Gasteiger partial charge >= 0.3 is 0 Å². The summed E-state index contributed by atoms with van der Waals surface area (Å²) < 4.78 is 10.7. The lowest BCUT2D eigenvalue weighted by Gasteiger charge is -2.11. The Labute approximate surface area is 121 Å². The van der Waals surface area contributed by atoms with Crippen LogP contribution in [0.5, 0.6) is 11.5 Å². The Kier molecular flexibility index (Phi) is 3.47. The van der Waals surface area contributed by atoms with Crippen molar-refractivity contribution in [2.75, 3.05) is 6.79 Å². The third kappa shape index (κ3) is 2.76. The fraction of sp³-hybridized carbons (Fsp3) is 0.250. The Morgan fingerprint density at radius 2 is 1.79 bits per heavy atom. The maximum Gasteiger partial charge on any atom is 0.231 e. The molecule has 0 aliphatic carbocycles. The normalized spacial score (nSPS) is 14.4. The topological polar surface area (TPSA) is 18.5 Å². The Morgan fingerprint density at radius 1 is 1.05 bits per heavy atom. The van der Waals surface area contributed by atoms with Crippen LogP contribution in [0.15, 0.2) is 42.5 Å². The highest BCUT2D eigenvalue weighted by Gasteiger charge is 2.16. The van der Waals surface area contributed by atoms with Crippen LogP contribution in [-0.4, -0.2) is 6.79 Å². The summed E-state index contributed by atoms with van der Waals surface area (Å²) in [6.07, 6.45) is 0.958. The summed E-state index contributed by atoms with van der Waals surface area (Å²) in [5.74, 6) is 1.67. The third-order valence-electron chi connectivity index (χ3n) is 3.29. The predicted molar refractivity (Wildman–Crippen MR) is 79.1 cm³/mol. The highest BCUT2D eigenvalue weighted by atomic mass is 79.9. The molecule has 1 aliphatic heterocycles. The molecule has 0 spiro atoms. The smallest absolute Gasteiger partial charge is 0.231 e. The molecule has 2 aromatic carbocycles. The average Bonchev–Trinajstić information content (AvgIpc) is 2.88. The van der Waals surface area contributed by atoms with E-state index in [4.69, 9.17) is 9.47 Å². The van der Waals surface area contributed by atoms with Crippen LogP contribution < -0.4 is 9.47 Å². The molecule has 0 aromatic heterocycles. The fourth-order valence-corrected chi connectivity index (χ4v) is 2.82. The molecule has 3 rings (SSSR count). The van der Waals surface area contributed by atoms with Gasteiger partial charge in [0.05, 0.1) is 0 Å². The molecule has 1 aliphatic rings. The number of rotatable bonds is 3. The second kappa shape index (κ2) is 5.25. The van der Waals surface area contributed by atoms with Crippen LogP contribution in [-0.2, 0) is 6.42 Å². The molecule has 1 atom stereocenters. The van der Waals surface area contributed by atoms with E-state index in [1.165, 1.54) is 16.7 Å². The predicted octanol–water partition coefficient (Wildman–Crippen LogP) is 4.40. The van der Waals surface area contributed by atoms with Gasteiger partial charge in [0.25, 0.3) is 0 Å². The van der Waals surface area contributed by atoms with Crippen molar-refractivity contribution in [3.8, 4) is 11.5 Å². The first-order valence-electron chi connectivity index (χ1n) is 6.31. The van der Waals surface area contributed by atoms with Gasteiger partial charge in [-0.2, -0.15) is 0 Å². The second-order valence-electron chi connectivity index (χ2n) is 4.77. The van der Waals surface area contributed by atoms with Crippen molar-refractivity contribution < 1.29 is 9.47 Å². The van der Waals surface area contributed by atoms with Gasteiger partial charge in [-0.3, -0.25) is 0 Å². The lowest BCUT2D eigenvalue weighted by Crippen LogP contribution is -1.95. The van der Waals surface area contributed by atoms with Crippen LogP contribution in [0.25, 0.3) is 0 Å². The molecule has 0 fully saturated rings. The second-order valence-corrected chi connectivity index (χ2v) is 5.88. The lowest BCUT2D eigenvalue weighted by molar-refractivity contribution is 0.174. The van der Waals surface area contributed by atoms with Gasteiger partial charge in [0.15, 0.2) is 11.5 Å². The minimum absolute atomic E-state index is 0.282. The minimum atomic E-state index is 0.282. The Morgan fingerprint density at radius 3 is 2.58 bits per heavy atom. The van der Waals surface area contributed by atoms with E-state index in [2.05, 4.69) is 59.3 Å². The SMILES string of the molecule is Cc1ccc(CC(Br)c2ccc3c(c2)OCO3)cc1. The zero-order valence-corrected chi connectivity index (χ0v) is 12.3. The number of alkyl halides is 1. The molecule has 0 amide bonds. The van der Waals surface area contributed by atoms with Gasteiger partial charge in [0, 0.05) is 4.83 Å². The van der Waals surface area contributed by atoms with E-state index in [0.29, 0.717) is 6.79 Å². The summed E-state index contributed by atoms with van der Waals surface area (Å²) in [6.45, 7) is 2.43. The summed E-state index contributed by atoms with van der Waals surface area (Å²) in [7, 11) is 0. The molecule has 2 aromatic rings. The van der Waals surface area contributed by atoms with E-state index < -0.39 is 0 Å². The molecule has 0 bridgehead atoms. The van der Waals surface area contributed by atoms with E-state index in [9.17, 15) is 0 Å². The van der Waals surface area contributed by atoms with E-state index in [-0.39, 0.29) is 4.83 Å². The van der Waals surface area contributed by atoms with Crippen LogP contribution in [0.1, 0.15) is 21.5 Å². The average molecular weight is 319 g/mol. The summed E-state index contributed by atoms with van der Waals surface area (Å²) in [4.78, 5) is 0.282. The van der Waals surface area contributed by atoms with E-state index in [0.717, 1.165) is 17.9 Å². The van der Waals surface area contributed by atoms with Crippen LogP contribution in [0.2, 0.25) is 0 Å². The van der Waals surface area contributed by atoms with Crippen molar-refractivity contribution in [2.45, 2.75) is 18.2 Å².